The molecule has 5 nitrogen and oxygen atoms in total. The van der Waals surface area contributed by atoms with Crippen LogP contribution in [0.3, 0.4) is 0 Å². The highest BCUT2D eigenvalue weighted by molar-refractivity contribution is 7.15. The van der Waals surface area contributed by atoms with Gasteiger partial charge in [-0.1, -0.05) is 29.8 Å². The Morgan fingerprint density at radius 2 is 1.97 bits per heavy atom. The van der Waals surface area contributed by atoms with E-state index in [1.165, 1.54) is 24.4 Å². The highest BCUT2D eigenvalue weighted by atomic mass is 35.5. The first-order valence-electron chi connectivity index (χ1n) is 8.85. The van der Waals surface area contributed by atoms with Crippen molar-refractivity contribution in [2.24, 2.45) is 0 Å². The van der Waals surface area contributed by atoms with Gasteiger partial charge >= 0.3 is 11.8 Å². The Bertz CT molecular complexity index is 1350. The number of hydrogen-bond donors (Lipinski definition) is 1. The fourth-order valence-electron chi connectivity index (χ4n) is 2.92. The van der Waals surface area contributed by atoms with Crippen molar-refractivity contribution in [1.82, 2.24) is 4.98 Å². The summed E-state index contributed by atoms with van der Waals surface area (Å²) >= 11 is 7.03. The first kappa shape index (κ1) is 21.1. The van der Waals surface area contributed by atoms with Crippen LogP contribution in [-0.2, 0) is 12.6 Å². The maximum absolute atomic E-state index is 12.9. The second-order valence-electron chi connectivity index (χ2n) is 6.59. The maximum Gasteiger partial charge on any atom is 0.416 e. The van der Waals surface area contributed by atoms with E-state index in [4.69, 9.17) is 16.0 Å². The number of hydrogen-bond acceptors (Lipinski definition) is 5. The molecular weight excluding hydrogens is 453 g/mol. The van der Waals surface area contributed by atoms with E-state index in [9.17, 15) is 22.8 Å². The van der Waals surface area contributed by atoms with E-state index in [0.717, 1.165) is 23.5 Å². The quantitative estimate of drug-likeness (QED) is 0.389. The number of halogens is 4. The molecule has 0 saturated carbocycles. The summed E-state index contributed by atoms with van der Waals surface area (Å²) in [4.78, 5) is 29.4. The summed E-state index contributed by atoms with van der Waals surface area (Å²) in [5.74, 6) is -0.712. The molecule has 0 aliphatic rings. The van der Waals surface area contributed by atoms with Crippen LogP contribution >= 0.6 is 22.9 Å². The Morgan fingerprint density at radius 1 is 1.16 bits per heavy atom. The van der Waals surface area contributed by atoms with Gasteiger partial charge < -0.3 is 4.42 Å². The minimum absolute atomic E-state index is 0.206. The second kappa shape index (κ2) is 8.16. The average molecular weight is 465 g/mol. The smallest absolute Gasteiger partial charge is 0.416 e. The van der Waals surface area contributed by atoms with Crippen LogP contribution < -0.4 is 10.9 Å². The molecule has 1 N–H and O–H groups in total. The summed E-state index contributed by atoms with van der Waals surface area (Å²) in [5, 5.41) is 3.63. The predicted molar refractivity (Wildman–Crippen MR) is 112 cm³/mol. The van der Waals surface area contributed by atoms with E-state index in [1.54, 1.807) is 18.2 Å². The van der Waals surface area contributed by atoms with Crippen LogP contribution in [-0.4, -0.2) is 10.9 Å². The lowest BCUT2D eigenvalue weighted by molar-refractivity contribution is -0.137. The molecule has 4 rings (SSSR count). The van der Waals surface area contributed by atoms with Gasteiger partial charge in [0.1, 0.15) is 11.1 Å². The van der Waals surface area contributed by atoms with Crippen molar-refractivity contribution in [2.75, 3.05) is 5.32 Å². The molecule has 0 saturated heterocycles. The molecule has 0 aliphatic carbocycles. The third-order valence-electron chi connectivity index (χ3n) is 4.35. The fourth-order valence-corrected chi connectivity index (χ4v) is 3.95. The summed E-state index contributed by atoms with van der Waals surface area (Å²) < 4.78 is 43.8. The molecule has 2 aromatic heterocycles. The van der Waals surface area contributed by atoms with Gasteiger partial charge in [-0.05, 0) is 35.9 Å². The highest BCUT2D eigenvalue weighted by Gasteiger charge is 2.30. The second-order valence-corrected chi connectivity index (χ2v) is 8.14. The first-order valence-corrected chi connectivity index (χ1v) is 10.0. The molecule has 2 aromatic carbocycles. The number of carbonyl (C=O) groups is 1. The Hall–Kier alpha value is -3.17. The standard InChI is InChI=1S/C21H12ClF3N2O3S/c22-14-4-5-17-12(8-14)9-16(19(29)30-17)18(28)27-20-26-10-15(31-20)7-11-2-1-3-13(6-11)21(23,24)25/h1-6,8-10H,7H2,(H,26,27,28). The molecule has 31 heavy (non-hydrogen) atoms. The van der Waals surface area contributed by atoms with Crippen molar-refractivity contribution in [1.29, 1.82) is 0 Å². The molecule has 4 aromatic rings. The molecule has 0 fully saturated rings. The number of fused-ring (bicyclic) bond motifs is 1. The third-order valence-corrected chi connectivity index (χ3v) is 5.49. The summed E-state index contributed by atoms with van der Waals surface area (Å²) in [6.07, 6.45) is -2.74. The summed E-state index contributed by atoms with van der Waals surface area (Å²) in [6, 6.07) is 11.0. The van der Waals surface area contributed by atoms with E-state index in [2.05, 4.69) is 10.3 Å². The van der Waals surface area contributed by atoms with Crippen LogP contribution in [0, 0.1) is 0 Å². The monoisotopic (exact) mass is 464 g/mol. The van der Waals surface area contributed by atoms with Crippen LogP contribution in [0.1, 0.15) is 26.4 Å². The highest BCUT2D eigenvalue weighted by Crippen LogP contribution is 2.30. The first-order chi connectivity index (χ1) is 14.7. The molecular formula is C21H12ClF3N2O3S. The Labute approximate surface area is 182 Å². The number of carbonyl (C=O) groups excluding carboxylic acids is 1. The molecule has 1 amide bonds. The van der Waals surface area contributed by atoms with Crippen molar-refractivity contribution in [3.63, 3.8) is 0 Å². The number of anilines is 1. The summed E-state index contributed by atoms with van der Waals surface area (Å²) in [5.41, 5.74) is -1.00. The van der Waals surface area contributed by atoms with Gasteiger partial charge in [-0.15, -0.1) is 11.3 Å². The van der Waals surface area contributed by atoms with E-state index in [0.29, 0.717) is 26.4 Å². The number of nitrogens with zero attached hydrogens (tertiary/aromatic N) is 1. The lowest BCUT2D eigenvalue weighted by atomic mass is 10.1. The zero-order valence-electron chi connectivity index (χ0n) is 15.5. The zero-order valence-corrected chi connectivity index (χ0v) is 17.1. The number of nitrogens with one attached hydrogen (secondary N) is 1. The summed E-state index contributed by atoms with van der Waals surface area (Å²) in [6.45, 7) is 0. The molecule has 0 atom stereocenters. The minimum atomic E-state index is -4.42. The fraction of sp³-hybridized carbons (Fsp3) is 0.0952. The predicted octanol–water partition coefficient (Wildman–Crippen LogP) is 5.76. The van der Waals surface area contributed by atoms with Crippen LogP contribution in [0.15, 0.2) is 63.9 Å². The van der Waals surface area contributed by atoms with Crippen molar-refractivity contribution in [3.05, 3.63) is 91.7 Å². The van der Waals surface area contributed by atoms with Gasteiger partial charge in [0.25, 0.3) is 5.91 Å². The van der Waals surface area contributed by atoms with Gasteiger partial charge in [0, 0.05) is 27.9 Å². The lowest BCUT2D eigenvalue weighted by Crippen LogP contribution is -2.20. The van der Waals surface area contributed by atoms with Gasteiger partial charge in [-0.3, -0.25) is 10.1 Å². The largest absolute Gasteiger partial charge is 0.422 e. The number of thiazole rings is 1. The SMILES string of the molecule is O=C(Nc1ncc(Cc2cccc(C(F)(F)F)c2)s1)c1cc2cc(Cl)ccc2oc1=O. The molecule has 158 valence electrons. The topological polar surface area (TPSA) is 72.2 Å². The van der Waals surface area contributed by atoms with Crippen LogP contribution in [0.5, 0.6) is 0 Å². The number of amides is 1. The van der Waals surface area contributed by atoms with Gasteiger partial charge in [-0.25, -0.2) is 9.78 Å². The van der Waals surface area contributed by atoms with Gasteiger partial charge in [0.05, 0.1) is 5.56 Å². The molecule has 0 unspecified atom stereocenters. The van der Waals surface area contributed by atoms with Crippen molar-refractivity contribution in [3.8, 4) is 0 Å². The van der Waals surface area contributed by atoms with E-state index >= 15 is 0 Å². The molecule has 0 aliphatic heterocycles. The Kier molecular flexibility index (Phi) is 5.55. The zero-order chi connectivity index (χ0) is 22.2. The number of rotatable bonds is 4. The Morgan fingerprint density at radius 3 is 2.74 bits per heavy atom. The van der Waals surface area contributed by atoms with Crippen LogP contribution in [0.4, 0.5) is 18.3 Å². The molecule has 2 heterocycles. The van der Waals surface area contributed by atoms with Crippen molar-refractivity contribution in [2.45, 2.75) is 12.6 Å². The van der Waals surface area contributed by atoms with Crippen LogP contribution in [0.2, 0.25) is 5.02 Å². The number of benzene rings is 2. The minimum Gasteiger partial charge on any atom is -0.422 e. The molecule has 0 spiro atoms. The van der Waals surface area contributed by atoms with E-state index in [1.807, 2.05) is 0 Å². The van der Waals surface area contributed by atoms with E-state index in [-0.39, 0.29) is 17.1 Å². The van der Waals surface area contributed by atoms with Gasteiger partial charge in [0.15, 0.2) is 5.13 Å². The number of aromatic nitrogens is 1. The third kappa shape index (κ3) is 4.78. The average Bonchev–Trinajstić information content (AvgIpc) is 3.14. The summed E-state index contributed by atoms with van der Waals surface area (Å²) in [7, 11) is 0. The van der Waals surface area contributed by atoms with E-state index < -0.39 is 23.3 Å². The number of alkyl halides is 3. The van der Waals surface area contributed by atoms with Crippen molar-refractivity contribution >= 4 is 44.9 Å². The normalized spacial score (nSPS) is 11.6. The van der Waals surface area contributed by atoms with Crippen LogP contribution in [0.25, 0.3) is 11.0 Å². The van der Waals surface area contributed by atoms with Crippen molar-refractivity contribution < 1.29 is 22.4 Å². The molecule has 0 bridgehead atoms. The molecule has 0 radical (unpaired) electrons. The lowest BCUT2D eigenvalue weighted by Gasteiger charge is -2.07. The van der Waals surface area contributed by atoms with Gasteiger partial charge in [-0.2, -0.15) is 13.2 Å². The maximum atomic E-state index is 12.9. The Balaban J connectivity index is 1.52. The van der Waals surface area contributed by atoms with Gasteiger partial charge in [0.2, 0.25) is 0 Å². The molecule has 10 heteroatoms.